The Kier molecular flexibility index (Phi) is 3.64. The fourth-order valence-electron chi connectivity index (χ4n) is 2.28. The Bertz CT molecular complexity index is 580. The van der Waals surface area contributed by atoms with Crippen LogP contribution in [0, 0.1) is 6.92 Å². The molecule has 19 heavy (non-hydrogen) atoms. The number of rotatable bonds is 3. The third-order valence-electron chi connectivity index (χ3n) is 3.46. The molecule has 1 aliphatic rings. The summed E-state index contributed by atoms with van der Waals surface area (Å²) in [4.78, 5) is 13.4. The molecule has 0 saturated carbocycles. The van der Waals surface area contributed by atoms with Crippen molar-refractivity contribution < 1.29 is 13.2 Å². The van der Waals surface area contributed by atoms with Crippen LogP contribution < -0.4 is 0 Å². The third kappa shape index (κ3) is 2.37. The molecule has 1 aliphatic heterocycles. The van der Waals surface area contributed by atoms with Crippen LogP contribution in [0.15, 0.2) is 29.2 Å². The van der Waals surface area contributed by atoms with Gasteiger partial charge in [-0.1, -0.05) is 24.6 Å². The molecule has 1 heterocycles. The number of hydrogen-bond acceptors (Lipinski definition) is 3. The monoisotopic (exact) mass is 282 g/mol. The van der Waals surface area contributed by atoms with Gasteiger partial charge in [0.25, 0.3) is 0 Å². The topological polar surface area (TPSA) is 57.7 Å². The van der Waals surface area contributed by atoms with Gasteiger partial charge in [0.15, 0.2) is 0 Å². The van der Waals surface area contributed by atoms with Gasteiger partial charge in [0.2, 0.25) is 15.9 Å². The van der Waals surface area contributed by atoms with Gasteiger partial charge in [-0.2, -0.15) is 4.31 Å². The molecule has 104 valence electrons. The summed E-state index contributed by atoms with van der Waals surface area (Å²) in [5.41, 5.74) is 1.00. The standard InChI is InChI=1S/C13H18N2O3S/c1-4-12-14(3)13(16)9-15(12)19(17,18)11-7-5-10(2)6-8-11/h5-8,12H,4,9H2,1-3H3. The molecule has 0 aromatic heterocycles. The number of sulfonamides is 1. The third-order valence-corrected chi connectivity index (χ3v) is 5.31. The van der Waals surface area contributed by atoms with Gasteiger partial charge in [-0.25, -0.2) is 8.42 Å². The molecular weight excluding hydrogens is 264 g/mol. The van der Waals surface area contributed by atoms with E-state index in [0.29, 0.717) is 6.42 Å². The van der Waals surface area contributed by atoms with Crippen molar-refractivity contribution in [3.8, 4) is 0 Å². The number of carbonyl (C=O) groups excluding carboxylic acids is 1. The lowest BCUT2D eigenvalue weighted by Gasteiger charge is -2.25. The van der Waals surface area contributed by atoms with Crippen molar-refractivity contribution in [2.45, 2.75) is 31.3 Å². The molecule has 0 radical (unpaired) electrons. The van der Waals surface area contributed by atoms with Crippen LogP contribution in [0.25, 0.3) is 0 Å². The maximum Gasteiger partial charge on any atom is 0.245 e. The van der Waals surface area contributed by atoms with Crippen LogP contribution in [0.2, 0.25) is 0 Å². The largest absolute Gasteiger partial charge is 0.328 e. The zero-order valence-corrected chi connectivity index (χ0v) is 12.1. The van der Waals surface area contributed by atoms with Gasteiger partial charge < -0.3 is 4.90 Å². The van der Waals surface area contributed by atoms with Crippen LogP contribution >= 0.6 is 0 Å². The highest BCUT2D eigenvalue weighted by atomic mass is 32.2. The number of benzene rings is 1. The summed E-state index contributed by atoms with van der Waals surface area (Å²) in [6.07, 6.45) is 0.187. The van der Waals surface area contributed by atoms with Gasteiger partial charge in [0.05, 0.1) is 17.6 Å². The SMILES string of the molecule is CCC1N(C)C(=O)CN1S(=O)(=O)c1ccc(C)cc1. The average Bonchev–Trinajstić information content (AvgIpc) is 2.66. The molecule has 1 amide bonds. The van der Waals surface area contributed by atoms with Gasteiger partial charge >= 0.3 is 0 Å². The second-order valence-corrected chi connectivity index (χ2v) is 6.65. The van der Waals surface area contributed by atoms with E-state index < -0.39 is 10.0 Å². The van der Waals surface area contributed by atoms with Crippen molar-refractivity contribution in [1.29, 1.82) is 0 Å². The summed E-state index contributed by atoms with van der Waals surface area (Å²) in [7, 11) is -1.97. The Labute approximate surface area is 113 Å². The van der Waals surface area contributed by atoms with E-state index in [-0.39, 0.29) is 23.5 Å². The van der Waals surface area contributed by atoms with E-state index >= 15 is 0 Å². The van der Waals surface area contributed by atoms with Crippen molar-refractivity contribution >= 4 is 15.9 Å². The maximum absolute atomic E-state index is 12.6. The lowest BCUT2D eigenvalue weighted by atomic mass is 10.2. The van der Waals surface area contributed by atoms with E-state index in [1.165, 1.54) is 9.21 Å². The van der Waals surface area contributed by atoms with E-state index in [1.54, 1.807) is 31.3 Å². The lowest BCUT2D eigenvalue weighted by Crippen LogP contribution is -2.40. The molecule has 1 atom stereocenters. The van der Waals surface area contributed by atoms with Crippen molar-refractivity contribution in [2.75, 3.05) is 13.6 Å². The molecule has 0 N–H and O–H groups in total. The minimum atomic E-state index is -3.61. The first-order valence-corrected chi connectivity index (χ1v) is 7.66. The summed E-state index contributed by atoms with van der Waals surface area (Å²) in [6.45, 7) is 3.70. The smallest absolute Gasteiger partial charge is 0.245 e. The fourth-order valence-corrected chi connectivity index (χ4v) is 3.92. The number of hydrogen-bond donors (Lipinski definition) is 0. The zero-order chi connectivity index (χ0) is 14.2. The number of aryl methyl sites for hydroxylation is 1. The molecule has 1 saturated heterocycles. The van der Waals surface area contributed by atoms with E-state index in [1.807, 2.05) is 13.8 Å². The number of likely N-dealkylation sites (N-methyl/N-ethyl adjacent to an activating group) is 1. The fraction of sp³-hybridized carbons (Fsp3) is 0.462. The molecule has 6 heteroatoms. The summed E-state index contributed by atoms with van der Waals surface area (Å²) >= 11 is 0. The average molecular weight is 282 g/mol. The van der Waals surface area contributed by atoms with E-state index in [2.05, 4.69) is 0 Å². The van der Waals surface area contributed by atoms with Crippen molar-refractivity contribution in [1.82, 2.24) is 9.21 Å². The summed E-state index contributed by atoms with van der Waals surface area (Å²) in [6, 6.07) is 6.69. The number of carbonyl (C=O) groups is 1. The summed E-state index contributed by atoms with van der Waals surface area (Å²) in [5, 5.41) is 0. The minimum absolute atomic E-state index is 0.0782. The first-order valence-electron chi connectivity index (χ1n) is 6.22. The zero-order valence-electron chi connectivity index (χ0n) is 11.3. The lowest BCUT2D eigenvalue weighted by molar-refractivity contribution is -0.126. The molecule has 5 nitrogen and oxygen atoms in total. The highest BCUT2D eigenvalue weighted by molar-refractivity contribution is 7.89. The quantitative estimate of drug-likeness (QED) is 0.837. The number of nitrogens with zero attached hydrogens (tertiary/aromatic N) is 2. The predicted octanol–water partition coefficient (Wildman–Crippen LogP) is 1.19. The van der Waals surface area contributed by atoms with Crippen LogP contribution in [-0.4, -0.2) is 43.3 Å². The normalized spacial score (nSPS) is 21.1. The maximum atomic E-state index is 12.6. The van der Waals surface area contributed by atoms with Gasteiger partial charge in [0, 0.05) is 7.05 Å². The Hall–Kier alpha value is -1.40. The second kappa shape index (κ2) is 4.94. The predicted molar refractivity (Wildman–Crippen MR) is 71.9 cm³/mol. The van der Waals surface area contributed by atoms with E-state index in [0.717, 1.165) is 5.56 Å². The Morgan fingerprint density at radius 2 is 1.84 bits per heavy atom. The van der Waals surface area contributed by atoms with Gasteiger partial charge in [-0.05, 0) is 25.5 Å². The molecule has 0 spiro atoms. The van der Waals surface area contributed by atoms with Crippen LogP contribution in [-0.2, 0) is 14.8 Å². The van der Waals surface area contributed by atoms with Crippen LogP contribution in [0.5, 0.6) is 0 Å². The Morgan fingerprint density at radius 3 is 2.37 bits per heavy atom. The van der Waals surface area contributed by atoms with Crippen molar-refractivity contribution in [3.05, 3.63) is 29.8 Å². The Morgan fingerprint density at radius 1 is 1.26 bits per heavy atom. The molecule has 0 bridgehead atoms. The van der Waals surface area contributed by atoms with Gasteiger partial charge in [-0.15, -0.1) is 0 Å². The van der Waals surface area contributed by atoms with Gasteiger partial charge in [-0.3, -0.25) is 4.79 Å². The minimum Gasteiger partial charge on any atom is -0.328 e. The van der Waals surface area contributed by atoms with Crippen LogP contribution in [0.3, 0.4) is 0 Å². The van der Waals surface area contributed by atoms with E-state index in [4.69, 9.17) is 0 Å². The molecule has 1 fully saturated rings. The van der Waals surface area contributed by atoms with E-state index in [9.17, 15) is 13.2 Å². The van der Waals surface area contributed by atoms with Crippen LogP contribution in [0.4, 0.5) is 0 Å². The second-order valence-electron chi connectivity index (χ2n) is 4.76. The van der Waals surface area contributed by atoms with Crippen molar-refractivity contribution in [2.24, 2.45) is 0 Å². The van der Waals surface area contributed by atoms with Gasteiger partial charge in [0.1, 0.15) is 0 Å². The highest BCUT2D eigenvalue weighted by Crippen LogP contribution is 2.25. The highest BCUT2D eigenvalue weighted by Gasteiger charge is 2.41. The van der Waals surface area contributed by atoms with Crippen molar-refractivity contribution in [3.63, 3.8) is 0 Å². The molecule has 1 aromatic carbocycles. The Balaban J connectivity index is 2.39. The summed E-state index contributed by atoms with van der Waals surface area (Å²) < 4.78 is 26.4. The molecule has 1 aromatic rings. The first-order chi connectivity index (χ1) is 8.87. The van der Waals surface area contributed by atoms with Crippen LogP contribution in [0.1, 0.15) is 18.9 Å². The molecule has 2 rings (SSSR count). The molecule has 1 unspecified atom stereocenters. The first kappa shape index (κ1) is 14.0. The molecular formula is C13H18N2O3S. The number of amides is 1. The molecule has 0 aliphatic carbocycles. The summed E-state index contributed by atoms with van der Waals surface area (Å²) in [5.74, 6) is -0.164.